The zero-order valence-corrected chi connectivity index (χ0v) is 7.54. The van der Waals surface area contributed by atoms with Gasteiger partial charge in [-0.3, -0.25) is 4.68 Å². The van der Waals surface area contributed by atoms with Crippen molar-refractivity contribution in [2.45, 2.75) is 25.2 Å². The Morgan fingerprint density at radius 3 is 2.67 bits per heavy atom. The van der Waals surface area contributed by atoms with Crippen LogP contribution in [0.3, 0.4) is 0 Å². The Morgan fingerprint density at radius 2 is 2.33 bits per heavy atom. The van der Waals surface area contributed by atoms with Crippen LogP contribution < -0.4 is 0 Å². The summed E-state index contributed by atoms with van der Waals surface area (Å²) in [6, 6.07) is 0. The standard InChI is InChI=1S/C9H14N2O/c1-7-8(5-10-11(7)2)9(6-12)3-4-9/h5,12H,3-4,6H2,1-2H3. The molecule has 0 aliphatic heterocycles. The highest BCUT2D eigenvalue weighted by Crippen LogP contribution is 2.48. The maximum absolute atomic E-state index is 9.21. The Balaban J connectivity index is 2.40. The number of hydrogen-bond donors (Lipinski definition) is 1. The molecular weight excluding hydrogens is 152 g/mol. The van der Waals surface area contributed by atoms with Crippen LogP contribution in [0.15, 0.2) is 6.20 Å². The molecule has 0 atom stereocenters. The summed E-state index contributed by atoms with van der Waals surface area (Å²) in [5.74, 6) is 0. The van der Waals surface area contributed by atoms with Crippen molar-refractivity contribution in [3.05, 3.63) is 17.5 Å². The van der Waals surface area contributed by atoms with Crippen LogP contribution in [0.25, 0.3) is 0 Å². The lowest BCUT2D eigenvalue weighted by Gasteiger charge is -2.10. The molecule has 1 aromatic rings. The van der Waals surface area contributed by atoms with Gasteiger partial charge in [0.15, 0.2) is 0 Å². The van der Waals surface area contributed by atoms with Gasteiger partial charge in [0, 0.05) is 23.7 Å². The van der Waals surface area contributed by atoms with Crippen molar-refractivity contribution in [2.24, 2.45) is 7.05 Å². The molecule has 0 aromatic carbocycles. The van der Waals surface area contributed by atoms with Crippen molar-refractivity contribution in [1.29, 1.82) is 0 Å². The fourth-order valence-corrected chi connectivity index (χ4v) is 1.68. The monoisotopic (exact) mass is 166 g/mol. The van der Waals surface area contributed by atoms with Crippen molar-refractivity contribution in [1.82, 2.24) is 9.78 Å². The van der Waals surface area contributed by atoms with Crippen LogP contribution in [0, 0.1) is 6.92 Å². The van der Waals surface area contributed by atoms with E-state index in [2.05, 4.69) is 12.0 Å². The van der Waals surface area contributed by atoms with Crippen molar-refractivity contribution in [3.8, 4) is 0 Å². The molecule has 66 valence electrons. The van der Waals surface area contributed by atoms with E-state index in [1.807, 2.05) is 17.9 Å². The lowest BCUT2D eigenvalue weighted by Crippen LogP contribution is -2.12. The van der Waals surface area contributed by atoms with Crippen molar-refractivity contribution in [2.75, 3.05) is 6.61 Å². The summed E-state index contributed by atoms with van der Waals surface area (Å²) >= 11 is 0. The van der Waals surface area contributed by atoms with Gasteiger partial charge in [0.2, 0.25) is 0 Å². The molecule has 0 radical (unpaired) electrons. The Labute approximate surface area is 72.0 Å². The average Bonchev–Trinajstić information content (AvgIpc) is 2.79. The first-order chi connectivity index (χ1) is 5.69. The minimum atomic E-state index is 0.0678. The molecular formula is C9H14N2O. The van der Waals surface area contributed by atoms with Gasteiger partial charge in [0.25, 0.3) is 0 Å². The molecule has 3 heteroatoms. The van der Waals surface area contributed by atoms with E-state index in [0.717, 1.165) is 12.8 Å². The first-order valence-electron chi connectivity index (χ1n) is 4.29. The van der Waals surface area contributed by atoms with Crippen molar-refractivity contribution >= 4 is 0 Å². The average molecular weight is 166 g/mol. The summed E-state index contributed by atoms with van der Waals surface area (Å²) in [7, 11) is 1.94. The summed E-state index contributed by atoms with van der Waals surface area (Å²) in [6.07, 6.45) is 4.10. The molecule has 1 aliphatic carbocycles. The summed E-state index contributed by atoms with van der Waals surface area (Å²) < 4.78 is 1.87. The second-order valence-corrected chi connectivity index (χ2v) is 3.71. The van der Waals surface area contributed by atoms with E-state index in [4.69, 9.17) is 0 Å². The predicted molar refractivity (Wildman–Crippen MR) is 45.9 cm³/mol. The molecule has 3 nitrogen and oxygen atoms in total. The van der Waals surface area contributed by atoms with Gasteiger partial charge in [-0.15, -0.1) is 0 Å². The SMILES string of the molecule is Cc1c(C2(CO)CC2)cnn1C. The predicted octanol–water partition coefficient (Wildman–Crippen LogP) is 0.752. The van der Waals surface area contributed by atoms with Gasteiger partial charge >= 0.3 is 0 Å². The second kappa shape index (κ2) is 2.33. The number of rotatable bonds is 2. The van der Waals surface area contributed by atoms with Gasteiger partial charge in [0.05, 0.1) is 12.8 Å². The van der Waals surface area contributed by atoms with Gasteiger partial charge in [-0.05, 0) is 19.8 Å². The van der Waals surface area contributed by atoms with E-state index in [1.165, 1.54) is 11.3 Å². The Morgan fingerprint density at radius 1 is 1.67 bits per heavy atom. The first-order valence-corrected chi connectivity index (χ1v) is 4.29. The van der Waals surface area contributed by atoms with Crippen LogP contribution in [0.5, 0.6) is 0 Å². The highest BCUT2D eigenvalue weighted by atomic mass is 16.3. The minimum Gasteiger partial charge on any atom is -0.395 e. The molecule has 0 amide bonds. The molecule has 1 saturated carbocycles. The van der Waals surface area contributed by atoms with E-state index in [0.29, 0.717) is 0 Å². The maximum atomic E-state index is 9.21. The largest absolute Gasteiger partial charge is 0.395 e. The Kier molecular flexibility index (Phi) is 1.51. The van der Waals surface area contributed by atoms with Crippen LogP contribution in [-0.2, 0) is 12.5 Å². The summed E-state index contributed by atoms with van der Waals surface area (Å²) in [4.78, 5) is 0. The quantitative estimate of drug-likeness (QED) is 0.704. The summed E-state index contributed by atoms with van der Waals surface area (Å²) in [6.45, 7) is 2.32. The van der Waals surface area contributed by atoms with Crippen LogP contribution in [0.1, 0.15) is 24.1 Å². The van der Waals surface area contributed by atoms with Crippen LogP contribution in [-0.4, -0.2) is 21.5 Å². The third-order valence-corrected chi connectivity index (χ3v) is 2.96. The molecule has 1 fully saturated rings. The molecule has 1 aliphatic rings. The fraction of sp³-hybridized carbons (Fsp3) is 0.667. The molecule has 1 heterocycles. The number of aliphatic hydroxyl groups is 1. The lowest BCUT2D eigenvalue weighted by molar-refractivity contribution is 0.254. The highest BCUT2D eigenvalue weighted by molar-refractivity contribution is 5.32. The molecule has 1 aromatic heterocycles. The zero-order valence-electron chi connectivity index (χ0n) is 7.54. The molecule has 0 unspecified atom stereocenters. The van der Waals surface area contributed by atoms with E-state index in [9.17, 15) is 5.11 Å². The molecule has 0 spiro atoms. The van der Waals surface area contributed by atoms with Crippen LogP contribution >= 0.6 is 0 Å². The number of hydrogen-bond acceptors (Lipinski definition) is 2. The lowest BCUT2D eigenvalue weighted by atomic mass is 9.98. The first kappa shape index (κ1) is 7.80. The number of aliphatic hydroxyl groups excluding tert-OH is 1. The van der Waals surface area contributed by atoms with Gasteiger partial charge in [0.1, 0.15) is 0 Å². The van der Waals surface area contributed by atoms with Gasteiger partial charge in [-0.1, -0.05) is 0 Å². The summed E-state index contributed by atoms with van der Waals surface area (Å²) in [5.41, 5.74) is 2.48. The van der Waals surface area contributed by atoms with E-state index < -0.39 is 0 Å². The molecule has 2 rings (SSSR count). The third-order valence-electron chi connectivity index (χ3n) is 2.96. The number of nitrogens with zero attached hydrogens (tertiary/aromatic N) is 2. The molecule has 0 bridgehead atoms. The summed E-state index contributed by atoms with van der Waals surface area (Å²) in [5, 5.41) is 13.4. The smallest absolute Gasteiger partial charge is 0.0531 e. The minimum absolute atomic E-state index is 0.0678. The van der Waals surface area contributed by atoms with E-state index >= 15 is 0 Å². The number of aryl methyl sites for hydroxylation is 1. The highest BCUT2D eigenvalue weighted by Gasteiger charge is 2.45. The second-order valence-electron chi connectivity index (χ2n) is 3.71. The normalized spacial score (nSPS) is 19.6. The van der Waals surface area contributed by atoms with Crippen molar-refractivity contribution in [3.63, 3.8) is 0 Å². The molecule has 1 N–H and O–H groups in total. The Hall–Kier alpha value is -0.830. The maximum Gasteiger partial charge on any atom is 0.0531 e. The van der Waals surface area contributed by atoms with E-state index in [-0.39, 0.29) is 12.0 Å². The Bertz CT molecular complexity index is 299. The van der Waals surface area contributed by atoms with Crippen molar-refractivity contribution < 1.29 is 5.11 Å². The topological polar surface area (TPSA) is 38.1 Å². The van der Waals surface area contributed by atoms with Gasteiger partial charge in [-0.25, -0.2) is 0 Å². The third kappa shape index (κ3) is 0.894. The molecule has 0 saturated heterocycles. The zero-order chi connectivity index (χ0) is 8.77. The van der Waals surface area contributed by atoms with Gasteiger partial charge < -0.3 is 5.11 Å². The fourth-order valence-electron chi connectivity index (χ4n) is 1.68. The number of aromatic nitrogens is 2. The van der Waals surface area contributed by atoms with E-state index in [1.54, 1.807) is 0 Å². The van der Waals surface area contributed by atoms with Crippen LogP contribution in [0.2, 0.25) is 0 Å². The molecule has 12 heavy (non-hydrogen) atoms. The van der Waals surface area contributed by atoms with Crippen LogP contribution in [0.4, 0.5) is 0 Å². The van der Waals surface area contributed by atoms with Gasteiger partial charge in [-0.2, -0.15) is 5.10 Å².